The molecular formula is C19H17BrN4. The van der Waals surface area contributed by atoms with Crippen LogP contribution >= 0.6 is 15.9 Å². The lowest BCUT2D eigenvalue weighted by atomic mass is 10.1. The second-order valence-corrected chi connectivity index (χ2v) is 6.97. The molecule has 3 heterocycles. The second-order valence-electron chi connectivity index (χ2n) is 6.06. The molecule has 24 heavy (non-hydrogen) atoms. The van der Waals surface area contributed by atoms with Gasteiger partial charge in [0.1, 0.15) is 5.82 Å². The Morgan fingerprint density at radius 3 is 2.71 bits per heavy atom. The molecule has 3 aromatic heterocycles. The molecule has 4 rings (SSSR count). The van der Waals surface area contributed by atoms with E-state index in [1.165, 1.54) is 12.8 Å². The van der Waals surface area contributed by atoms with Crippen LogP contribution in [0, 0.1) is 5.92 Å². The highest BCUT2D eigenvalue weighted by Gasteiger charge is 2.21. The highest BCUT2D eigenvalue weighted by Crippen LogP contribution is 2.31. The smallest absolute Gasteiger partial charge is 0.127 e. The number of anilines is 1. The van der Waals surface area contributed by atoms with E-state index in [-0.39, 0.29) is 0 Å². The summed E-state index contributed by atoms with van der Waals surface area (Å²) in [4.78, 5) is 13.5. The van der Waals surface area contributed by atoms with Crippen LogP contribution in [0.15, 0.2) is 59.5 Å². The van der Waals surface area contributed by atoms with Crippen LogP contribution in [0.5, 0.6) is 0 Å². The lowest BCUT2D eigenvalue weighted by molar-refractivity contribution is 0.883. The summed E-state index contributed by atoms with van der Waals surface area (Å²) in [7, 11) is 0. The van der Waals surface area contributed by atoms with Crippen LogP contribution in [0.4, 0.5) is 5.82 Å². The molecule has 0 aromatic carbocycles. The van der Waals surface area contributed by atoms with Gasteiger partial charge in [-0.25, -0.2) is 4.98 Å². The van der Waals surface area contributed by atoms with Crippen LogP contribution in [0.25, 0.3) is 22.5 Å². The molecule has 0 bridgehead atoms. The van der Waals surface area contributed by atoms with E-state index in [2.05, 4.69) is 49.4 Å². The molecule has 0 unspecified atom stereocenters. The molecular weight excluding hydrogens is 364 g/mol. The lowest BCUT2D eigenvalue weighted by Gasteiger charge is -2.11. The van der Waals surface area contributed by atoms with E-state index in [4.69, 9.17) is 4.98 Å². The summed E-state index contributed by atoms with van der Waals surface area (Å²) in [6.45, 7) is 0.981. The van der Waals surface area contributed by atoms with Gasteiger partial charge in [0.2, 0.25) is 0 Å². The topological polar surface area (TPSA) is 50.7 Å². The Labute approximate surface area is 149 Å². The molecule has 3 aromatic rings. The van der Waals surface area contributed by atoms with Crippen LogP contribution in [-0.2, 0) is 0 Å². The van der Waals surface area contributed by atoms with Crippen LogP contribution < -0.4 is 5.32 Å². The van der Waals surface area contributed by atoms with Gasteiger partial charge in [-0.2, -0.15) is 0 Å². The van der Waals surface area contributed by atoms with E-state index in [1.807, 2.05) is 24.4 Å². The Kier molecular flexibility index (Phi) is 4.26. The average Bonchev–Trinajstić information content (AvgIpc) is 3.45. The summed E-state index contributed by atoms with van der Waals surface area (Å²) in [6.07, 6.45) is 8.08. The zero-order valence-electron chi connectivity index (χ0n) is 13.1. The van der Waals surface area contributed by atoms with Crippen LogP contribution in [0.2, 0.25) is 0 Å². The first-order valence-electron chi connectivity index (χ1n) is 8.06. The Balaban J connectivity index is 1.75. The number of nitrogens with one attached hydrogen (secondary N) is 1. The Morgan fingerprint density at radius 1 is 1.04 bits per heavy atom. The third-order valence-electron chi connectivity index (χ3n) is 4.06. The van der Waals surface area contributed by atoms with Gasteiger partial charge >= 0.3 is 0 Å². The fourth-order valence-corrected chi connectivity index (χ4v) is 2.94. The number of hydrogen-bond donors (Lipinski definition) is 1. The standard InChI is InChI=1S/C19H17BrN4/c20-16-7-15(11-21-12-16)14-8-18(17-3-1-2-6-22-17)24-19(9-14)23-10-13-4-5-13/h1-3,6-9,11-13H,4-5,10H2,(H,23,24). The summed E-state index contributed by atoms with van der Waals surface area (Å²) < 4.78 is 0.962. The number of rotatable bonds is 5. The molecule has 1 saturated carbocycles. The molecule has 0 saturated heterocycles. The fraction of sp³-hybridized carbons (Fsp3) is 0.211. The van der Waals surface area contributed by atoms with Crippen molar-refractivity contribution in [2.24, 2.45) is 5.92 Å². The zero-order chi connectivity index (χ0) is 16.4. The van der Waals surface area contributed by atoms with Crippen molar-refractivity contribution in [1.82, 2.24) is 15.0 Å². The predicted molar refractivity (Wildman–Crippen MR) is 99.6 cm³/mol. The molecule has 5 heteroatoms. The molecule has 0 amide bonds. The van der Waals surface area contributed by atoms with E-state index >= 15 is 0 Å². The largest absolute Gasteiger partial charge is 0.370 e. The van der Waals surface area contributed by atoms with E-state index in [1.54, 1.807) is 12.4 Å². The molecule has 0 spiro atoms. The van der Waals surface area contributed by atoms with Crippen molar-refractivity contribution in [3.8, 4) is 22.5 Å². The van der Waals surface area contributed by atoms with Crippen molar-refractivity contribution < 1.29 is 0 Å². The Bertz CT molecular complexity index is 847. The fourth-order valence-electron chi connectivity index (χ4n) is 2.57. The normalized spacial score (nSPS) is 13.7. The first-order chi connectivity index (χ1) is 11.8. The van der Waals surface area contributed by atoms with Gasteiger partial charge in [0.15, 0.2) is 0 Å². The van der Waals surface area contributed by atoms with Crippen LogP contribution in [-0.4, -0.2) is 21.5 Å². The number of aromatic nitrogens is 3. The van der Waals surface area contributed by atoms with Gasteiger partial charge in [0.25, 0.3) is 0 Å². The van der Waals surface area contributed by atoms with E-state index < -0.39 is 0 Å². The Hall–Kier alpha value is -2.27. The molecule has 1 aliphatic carbocycles. The van der Waals surface area contributed by atoms with Gasteiger partial charge in [-0.05, 0) is 70.6 Å². The lowest BCUT2D eigenvalue weighted by Crippen LogP contribution is -2.05. The summed E-state index contributed by atoms with van der Waals surface area (Å²) in [5.41, 5.74) is 3.87. The highest BCUT2D eigenvalue weighted by atomic mass is 79.9. The number of hydrogen-bond acceptors (Lipinski definition) is 4. The first kappa shape index (κ1) is 15.3. The van der Waals surface area contributed by atoms with Crippen molar-refractivity contribution in [3.63, 3.8) is 0 Å². The van der Waals surface area contributed by atoms with E-state index in [9.17, 15) is 0 Å². The van der Waals surface area contributed by atoms with Crippen molar-refractivity contribution in [2.75, 3.05) is 11.9 Å². The minimum Gasteiger partial charge on any atom is -0.370 e. The maximum Gasteiger partial charge on any atom is 0.127 e. The monoisotopic (exact) mass is 380 g/mol. The summed E-state index contributed by atoms with van der Waals surface area (Å²) in [5.74, 6) is 1.68. The van der Waals surface area contributed by atoms with Crippen LogP contribution in [0.3, 0.4) is 0 Å². The van der Waals surface area contributed by atoms with Crippen molar-refractivity contribution >= 4 is 21.7 Å². The summed E-state index contributed by atoms with van der Waals surface area (Å²) in [6, 6.07) is 12.1. The van der Waals surface area contributed by atoms with E-state index in [0.717, 1.165) is 45.3 Å². The van der Waals surface area contributed by atoms with Gasteiger partial charge < -0.3 is 5.32 Å². The highest BCUT2D eigenvalue weighted by molar-refractivity contribution is 9.10. The maximum absolute atomic E-state index is 4.75. The Morgan fingerprint density at radius 2 is 1.96 bits per heavy atom. The SMILES string of the molecule is Brc1cncc(-c2cc(NCC3CC3)nc(-c3ccccn3)c2)c1. The third kappa shape index (κ3) is 3.62. The van der Waals surface area contributed by atoms with Gasteiger partial charge in [0.05, 0.1) is 11.4 Å². The molecule has 4 nitrogen and oxygen atoms in total. The predicted octanol–water partition coefficient (Wildman–Crippen LogP) is 4.79. The van der Waals surface area contributed by atoms with Gasteiger partial charge in [-0.3, -0.25) is 9.97 Å². The molecule has 0 radical (unpaired) electrons. The third-order valence-corrected chi connectivity index (χ3v) is 4.49. The van der Waals surface area contributed by atoms with Crippen LogP contribution in [0.1, 0.15) is 12.8 Å². The first-order valence-corrected chi connectivity index (χ1v) is 8.85. The van der Waals surface area contributed by atoms with Crippen molar-refractivity contribution in [1.29, 1.82) is 0 Å². The molecule has 0 aliphatic heterocycles. The molecule has 120 valence electrons. The second kappa shape index (κ2) is 6.69. The minimum absolute atomic E-state index is 0.793. The number of nitrogens with zero attached hydrogens (tertiary/aromatic N) is 3. The van der Waals surface area contributed by atoms with Gasteiger partial charge in [-0.15, -0.1) is 0 Å². The van der Waals surface area contributed by atoms with E-state index in [0.29, 0.717) is 0 Å². The zero-order valence-corrected chi connectivity index (χ0v) is 14.7. The van der Waals surface area contributed by atoms with Gasteiger partial charge in [-0.1, -0.05) is 6.07 Å². The molecule has 0 atom stereocenters. The molecule has 1 aliphatic rings. The van der Waals surface area contributed by atoms with Crippen molar-refractivity contribution in [3.05, 3.63) is 59.5 Å². The minimum atomic E-state index is 0.793. The maximum atomic E-state index is 4.75. The van der Waals surface area contributed by atoms with Gasteiger partial charge in [0, 0.05) is 35.2 Å². The summed E-state index contributed by atoms with van der Waals surface area (Å²) in [5, 5.41) is 3.47. The molecule has 1 fully saturated rings. The average molecular weight is 381 g/mol. The quantitative estimate of drug-likeness (QED) is 0.691. The molecule has 1 N–H and O–H groups in total. The summed E-state index contributed by atoms with van der Waals surface area (Å²) >= 11 is 3.49. The van der Waals surface area contributed by atoms with Crippen molar-refractivity contribution in [2.45, 2.75) is 12.8 Å². The number of halogens is 1. The number of pyridine rings is 3.